The molecule has 6 nitrogen and oxygen atoms in total. The van der Waals surface area contributed by atoms with E-state index in [0.717, 1.165) is 25.7 Å². The van der Waals surface area contributed by atoms with Gasteiger partial charge < -0.3 is 14.9 Å². The van der Waals surface area contributed by atoms with Gasteiger partial charge in [-0.25, -0.2) is 0 Å². The van der Waals surface area contributed by atoms with Crippen molar-refractivity contribution in [3.8, 4) is 0 Å². The minimum absolute atomic E-state index is 0.0351. The predicted molar refractivity (Wildman–Crippen MR) is 60.4 cm³/mol. The average molecular weight is 240 g/mol. The fourth-order valence-corrected chi connectivity index (χ4v) is 2.06. The molecule has 1 aliphatic carbocycles. The van der Waals surface area contributed by atoms with Crippen LogP contribution in [0.3, 0.4) is 0 Å². The van der Waals surface area contributed by atoms with E-state index >= 15 is 0 Å². The van der Waals surface area contributed by atoms with Gasteiger partial charge in [-0.15, -0.1) is 0 Å². The van der Waals surface area contributed by atoms with Gasteiger partial charge >= 0.3 is 5.88 Å². The Morgan fingerprint density at radius 3 is 2.88 bits per heavy atom. The van der Waals surface area contributed by atoms with Crippen LogP contribution in [-0.2, 0) is 11.3 Å². The molecule has 2 unspecified atom stereocenters. The predicted octanol–water partition coefficient (Wildman–Crippen LogP) is 1.97. The highest BCUT2D eigenvalue weighted by atomic mass is 16.6. The first kappa shape index (κ1) is 12.1. The number of rotatable bonds is 4. The molecule has 1 fully saturated rings. The summed E-state index contributed by atoms with van der Waals surface area (Å²) in [5.41, 5.74) is 5.93. The highest BCUT2D eigenvalue weighted by Gasteiger charge is 2.23. The number of nitrogens with two attached hydrogens (primary N) is 1. The van der Waals surface area contributed by atoms with Gasteiger partial charge in [0, 0.05) is 6.04 Å². The summed E-state index contributed by atoms with van der Waals surface area (Å²) in [6.45, 7) is 0.242. The maximum atomic E-state index is 10.4. The third-order valence-electron chi connectivity index (χ3n) is 3.02. The van der Waals surface area contributed by atoms with Crippen LogP contribution in [0.25, 0.3) is 0 Å². The van der Waals surface area contributed by atoms with Crippen molar-refractivity contribution in [1.82, 2.24) is 0 Å². The van der Waals surface area contributed by atoms with E-state index in [1.165, 1.54) is 6.07 Å². The summed E-state index contributed by atoms with van der Waals surface area (Å²) in [5.74, 6) is 0.214. The zero-order valence-electron chi connectivity index (χ0n) is 9.50. The third-order valence-corrected chi connectivity index (χ3v) is 3.02. The van der Waals surface area contributed by atoms with Crippen molar-refractivity contribution in [2.24, 2.45) is 5.73 Å². The molecule has 1 aromatic heterocycles. The molecule has 0 radical (unpaired) electrons. The van der Waals surface area contributed by atoms with Crippen LogP contribution in [0.2, 0.25) is 0 Å². The van der Waals surface area contributed by atoms with Gasteiger partial charge in [-0.3, -0.25) is 10.1 Å². The van der Waals surface area contributed by atoms with Gasteiger partial charge in [0.2, 0.25) is 0 Å². The maximum absolute atomic E-state index is 10.4. The summed E-state index contributed by atoms with van der Waals surface area (Å²) in [4.78, 5) is 9.86. The van der Waals surface area contributed by atoms with Crippen LogP contribution < -0.4 is 5.73 Å². The van der Waals surface area contributed by atoms with Gasteiger partial charge in [0.15, 0.2) is 0 Å². The van der Waals surface area contributed by atoms with Gasteiger partial charge in [0.05, 0.1) is 12.2 Å². The number of nitro groups is 1. The van der Waals surface area contributed by atoms with Crippen molar-refractivity contribution in [2.75, 3.05) is 0 Å². The second-order valence-corrected chi connectivity index (χ2v) is 4.29. The molecule has 0 spiro atoms. The van der Waals surface area contributed by atoms with E-state index in [1.54, 1.807) is 6.07 Å². The van der Waals surface area contributed by atoms with E-state index < -0.39 is 4.92 Å². The minimum Gasteiger partial charge on any atom is -0.403 e. The fraction of sp³-hybridized carbons (Fsp3) is 0.636. The molecule has 0 aromatic carbocycles. The van der Waals surface area contributed by atoms with Gasteiger partial charge in [-0.05, 0) is 18.9 Å². The number of ether oxygens (including phenoxy) is 1. The van der Waals surface area contributed by atoms with E-state index in [1.807, 2.05) is 0 Å². The molecule has 1 heterocycles. The maximum Gasteiger partial charge on any atom is 0.433 e. The van der Waals surface area contributed by atoms with Crippen molar-refractivity contribution < 1.29 is 14.1 Å². The molecule has 2 N–H and O–H groups in total. The summed E-state index contributed by atoms with van der Waals surface area (Å²) >= 11 is 0. The van der Waals surface area contributed by atoms with Crippen molar-refractivity contribution in [1.29, 1.82) is 0 Å². The van der Waals surface area contributed by atoms with Crippen LogP contribution >= 0.6 is 0 Å². The molecule has 6 heteroatoms. The van der Waals surface area contributed by atoms with Crippen LogP contribution in [0.5, 0.6) is 0 Å². The Hall–Kier alpha value is -1.40. The van der Waals surface area contributed by atoms with Crippen LogP contribution in [0.4, 0.5) is 5.88 Å². The van der Waals surface area contributed by atoms with Gasteiger partial charge in [-0.2, -0.15) is 0 Å². The molecule has 0 saturated heterocycles. The number of nitrogens with zero attached hydrogens (tertiary/aromatic N) is 1. The topological polar surface area (TPSA) is 91.5 Å². The van der Waals surface area contributed by atoms with Gasteiger partial charge in [0.1, 0.15) is 17.3 Å². The first-order chi connectivity index (χ1) is 8.16. The lowest BCUT2D eigenvalue weighted by atomic mass is 9.93. The van der Waals surface area contributed by atoms with E-state index in [2.05, 4.69) is 0 Å². The number of hydrogen-bond donors (Lipinski definition) is 1. The van der Waals surface area contributed by atoms with Gasteiger partial charge in [-0.1, -0.05) is 12.8 Å². The zero-order valence-corrected chi connectivity index (χ0v) is 9.50. The zero-order chi connectivity index (χ0) is 12.3. The van der Waals surface area contributed by atoms with E-state index in [-0.39, 0.29) is 24.6 Å². The molecule has 2 rings (SSSR count). The first-order valence-electron chi connectivity index (χ1n) is 5.77. The smallest absolute Gasteiger partial charge is 0.403 e. The van der Waals surface area contributed by atoms with Crippen molar-refractivity contribution >= 4 is 5.88 Å². The third kappa shape index (κ3) is 3.04. The van der Waals surface area contributed by atoms with Crippen molar-refractivity contribution in [3.05, 3.63) is 28.0 Å². The second-order valence-electron chi connectivity index (χ2n) is 4.29. The van der Waals surface area contributed by atoms with Crippen molar-refractivity contribution in [3.63, 3.8) is 0 Å². The van der Waals surface area contributed by atoms with Crippen LogP contribution in [0, 0.1) is 10.1 Å². The minimum atomic E-state index is -0.560. The summed E-state index contributed by atoms with van der Waals surface area (Å²) in [7, 11) is 0. The Morgan fingerprint density at radius 2 is 2.24 bits per heavy atom. The Kier molecular flexibility index (Phi) is 3.75. The highest BCUT2D eigenvalue weighted by molar-refractivity contribution is 5.17. The molecule has 1 aromatic rings. The Labute approximate surface area is 98.9 Å². The molecular weight excluding hydrogens is 224 g/mol. The Balaban J connectivity index is 1.86. The molecule has 0 bridgehead atoms. The molecule has 94 valence electrons. The summed E-state index contributed by atoms with van der Waals surface area (Å²) in [6.07, 6.45) is 4.23. The Morgan fingerprint density at radius 1 is 1.47 bits per heavy atom. The van der Waals surface area contributed by atoms with Crippen molar-refractivity contribution in [2.45, 2.75) is 44.4 Å². The monoisotopic (exact) mass is 240 g/mol. The SMILES string of the molecule is NC1CCCCC1OCc1ccc([N+](=O)[O-])o1. The fourth-order valence-electron chi connectivity index (χ4n) is 2.06. The van der Waals surface area contributed by atoms with Crippen LogP contribution in [0.15, 0.2) is 16.5 Å². The van der Waals surface area contributed by atoms with Crippen LogP contribution in [0.1, 0.15) is 31.4 Å². The lowest BCUT2D eigenvalue weighted by Crippen LogP contribution is -2.39. The van der Waals surface area contributed by atoms with E-state index in [4.69, 9.17) is 14.9 Å². The average Bonchev–Trinajstić information content (AvgIpc) is 2.77. The van der Waals surface area contributed by atoms with Gasteiger partial charge in [0.25, 0.3) is 0 Å². The summed E-state index contributed by atoms with van der Waals surface area (Å²) < 4.78 is 10.6. The molecule has 1 aliphatic rings. The lowest BCUT2D eigenvalue weighted by molar-refractivity contribution is -0.402. The molecule has 17 heavy (non-hydrogen) atoms. The quantitative estimate of drug-likeness (QED) is 0.641. The lowest BCUT2D eigenvalue weighted by Gasteiger charge is -2.28. The largest absolute Gasteiger partial charge is 0.433 e. The normalized spacial score (nSPS) is 24.8. The van der Waals surface area contributed by atoms with E-state index in [0.29, 0.717) is 5.76 Å². The molecule has 0 amide bonds. The van der Waals surface area contributed by atoms with Crippen LogP contribution in [-0.4, -0.2) is 17.1 Å². The number of hydrogen-bond acceptors (Lipinski definition) is 5. The summed E-state index contributed by atoms with van der Waals surface area (Å²) in [6, 6.07) is 2.96. The number of furan rings is 1. The molecule has 2 atom stereocenters. The second kappa shape index (κ2) is 5.29. The molecule has 0 aliphatic heterocycles. The first-order valence-corrected chi connectivity index (χ1v) is 5.77. The molecular formula is C11H16N2O4. The molecule has 1 saturated carbocycles. The van der Waals surface area contributed by atoms with E-state index in [9.17, 15) is 10.1 Å². The standard InChI is InChI=1S/C11H16N2O4/c12-9-3-1-2-4-10(9)16-7-8-5-6-11(17-8)13(14)15/h5-6,9-10H,1-4,7,12H2. The highest BCUT2D eigenvalue weighted by Crippen LogP contribution is 2.22. The Bertz CT molecular complexity index is 391. The summed E-state index contributed by atoms with van der Waals surface area (Å²) in [5, 5.41) is 10.4.